The molecule has 0 radical (unpaired) electrons. The third-order valence-corrected chi connectivity index (χ3v) is 8.60. The van der Waals surface area contributed by atoms with Crippen LogP contribution in [0.5, 0.6) is 0 Å². The van der Waals surface area contributed by atoms with Crippen molar-refractivity contribution < 1.29 is 17.9 Å². The van der Waals surface area contributed by atoms with E-state index < -0.39 is 17.0 Å². The molecule has 7 nitrogen and oxygen atoms in total. The molecule has 36 heavy (non-hydrogen) atoms. The highest BCUT2D eigenvalue weighted by Gasteiger charge is 2.79. The lowest BCUT2D eigenvalue weighted by molar-refractivity contribution is -0.337. The molecule has 2 unspecified atom stereocenters. The number of alkyl halides is 3. The SMILES string of the molecule is Cc1cnc2c(C34CC(C(F)(F)F)(C3)C4)nc(C3CCOC(c4ccc(=O)n(C5CC5)c4)C3)nc2n1. The van der Waals surface area contributed by atoms with Crippen LogP contribution in [0.3, 0.4) is 0 Å². The van der Waals surface area contributed by atoms with Crippen molar-refractivity contribution in [1.82, 2.24) is 24.5 Å². The van der Waals surface area contributed by atoms with Gasteiger partial charge in [-0.1, -0.05) is 0 Å². The van der Waals surface area contributed by atoms with Crippen LogP contribution in [0.25, 0.3) is 11.2 Å². The third-order valence-electron chi connectivity index (χ3n) is 8.60. The Morgan fingerprint density at radius 2 is 1.86 bits per heavy atom. The second-order valence-electron chi connectivity index (χ2n) is 11.2. The summed E-state index contributed by atoms with van der Waals surface area (Å²) in [5.41, 5.74) is 1.07. The minimum atomic E-state index is -4.19. The van der Waals surface area contributed by atoms with Crippen molar-refractivity contribution in [1.29, 1.82) is 0 Å². The molecule has 3 aromatic rings. The summed E-state index contributed by atoms with van der Waals surface area (Å²) in [4.78, 5) is 31.0. The minimum Gasteiger partial charge on any atom is -0.373 e. The zero-order valence-electron chi connectivity index (χ0n) is 19.9. The number of hydrogen-bond donors (Lipinski definition) is 0. The number of rotatable bonds is 4. The molecule has 4 saturated carbocycles. The Balaban J connectivity index is 1.23. The van der Waals surface area contributed by atoms with Crippen LogP contribution < -0.4 is 5.56 Å². The van der Waals surface area contributed by atoms with Gasteiger partial charge in [-0.25, -0.2) is 19.9 Å². The summed E-state index contributed by atoms with van der Waals surface area (Å²) in [6.07, 6.45) is 2.70. The average Bonchev–Trinajstić information content (AvgIpc) is 3.61. The molecule has 188 valence electrons. The first-order valence-electron chi connectivity index (χ1n) is 12.6. The molecule has 4 aliphatic carbocycles. The van der Waals surface area contributed by atoms with Crippen molar-refractivity contribution in [3.05, 3.63) is 57.7 Å². The zero-order chi connectivity index (χ0) is 24.9. The van der Waals surface area contributed by atoms with E-state index in [0.717, 1.165) is 18.4 Å². The van der Waals surface area contributed by atoms with Crippen LogP contribution in [-0.2, 0) is 10.2 Å². The van der Waals surface area contributed by atoms with Gasteiger partial charge in [-0.2, -0.15) is 13.2 Å². The number of aromatic nitrogens is 5. The van der Waals surface area contributed by atoms with Gasteiger partial charge in [0.15, 0.2) is 5.65 Å². The molecule has 0 N–H and O–H groups in total. The number of nitrogens with zero attached hydrogens (tertiary/aromatic N) is 5. The first-order valence-corrected chi connectivity index (χ1v) is 12.6. The number of ether oxygens (including phenoxy) is 1. The molecule has 0 amide bonds. The van der Waals surface area contributed by atoms with Gasteiger partial charge in [0.2, 0.25) is 0 Å². The number of pyridine rings is 1. The van der Waals surface area contributed by atoms with Gasteiger partial charge in [-0.05, 0) is 63.5 Å². The van der Waals surface area contributed by atoms with E-state index in [0.29, 0.717) is 47.8 Å². The van der Waals surface area contributed by atoms with E-state index in [1.54, 1.807) is 16.8 Å². The van der Waals surface area contributed by atoms with Crippen LogP contribution in [0.1, 0.15) is 85.8 Å². The first kappa shape index (κ1) is 22.3. The molecule has 4 heterocycles. The van der Waals surface area contributed by atoms with Crippen molar-refractivity contribution in [3.8, 4) is 0 Å². The fraction of sp³-hybridized carbons (Fsp3) is 0.577. The van der Waals surface area contributed by atoms with Crippen molar-refractivity contribution in [2.75, 3.05) is 6.61 Å². The predicted molar refractivity (Wildman–Crippen MR) is 124 cm³/mol. The average molecular weight is 498 g/mol. The van der Waals surface area contributed by atoms with Gasteiger partial charge in [0.05, 0.1) is 22.9 Å². The molecule has 0 aromatic carbocycles. The van der Waals surface area contributed by atoms with Crippen LogP contribution in [0.4, 0.5) is 13.2 Å². The topological polar surface area (TPSA) is 82.8 Å². The molecule has 3 aromatic heterocycles. The fourth-order valence-electron chi connectivity index (χ4n) is 6.52. The Hall–Kier alpha value is -2.88. The molecule has 5 aliphatic rings. The summed E-state index contributed by atoms with van der Waals surface area (Å²) in [6, 6.07) is 3.70. The van der Waals surface area contributed by atoms with Crippen LogP contribution in [-0.4, -0.2) is 37.3 Å². The fourth-order valence-corrected chi connectivity index (χ4v) is 6.52. The summed E-state index contributed by atoms with van der Waals surface area (Å²) in [6.45, 7) is 2.34. The molecule has 0 spiro atoms. The van der Waals surface area contributed by atoms with Gasteiger partial charge in [-0.15, -0.1) is 0 Å². The van der Waals surface area contributed by atoms with Crippen molar-refractivity contribution in [3.63, 3.8) is 0 Å². The lowest BCUT2D eigenvalue weighted by Crippen LogP contribution is -2.70. The van der Waals surface area contributed by atoms with Gasteiger partial charge in [0, 0.05) is 42.4 Å². The monoisotopic (exact) mass is 497 g/mol. The second-order valence-corrected chi connectivity index (χ2v) is 11.2. The van der Waals surface area contributed by atoms with E-state index >= 15 is 0 Å². The lowest BCUT2D eigenvalue weighted by atomic mass is 9.34. The molecule has 10 heteroatoms. The Bertz CT molecular complexity index is 1430. The maximum Gasteiger partial charge on any atom is 0.394 e. The highest BCUT2D eigenvalue weighted by molar-refractivity contribution is 5.75. The summed E-state index contributed by atoms with van der Waals surface area (Å²) in [5, 5.41) is 0. The van der Waals surface area contributed by atoms with E-state index in [4.69, 9.17) is 14.7 Å². The summed E-state index contributed by atoms with van der Waals surface area (Å²) < 4.78 is 48.6. The molecule has 8 rings (SSSR count). The minimum absolute atomic E-state index is 0.000226. The summed E-state index contributed by atoms with van der Waals surface area (Å²) in [5.74, 6) is 0.575. The highest BCUT2D eigenvalue weighted by atomic mass is 19.4. The molecule has 1 aliphatic heterocycles. The Labute approximate surface area is 205 Å². The van der Waals surface area contributed by atoms with E-state index in [1.165, 1.54) is 0 Å². The predicted octanol–water partition coefficient (Wildman–Crippen LogP) is 4.84. The number of aryl methyl sites for hydroxylation is 1. The standard InChI is InChI=1S/C26H26F3N5O2/c1-14-9-30-20-21(24-11-25(12-24,13-24)26(27,28)29)32-22(33-23(20)31-14)15-6-7-36-18(8-15)16-2-5-19(35)34(10-16)17-3-4-17/h2,5,9-10,15,17-18H,3-4,6-8,11-13H2,1H3. The summed E-state index contributed by atoms with van der Waals surface area (Å²) >= 11 is 0. The number of hydrogen-bond acceptors (Lipinski definition) is 6. The third kappa shape index (κ3) is 3.26. The number of fused-ring (bicyclic) bond motifs is 1. The van der Waals surface area contributed by atoms with Crippen molar-refractivity contribution >= 4 is 11.2 Å². The van der Waals surface area contributed by atoms with Crippen molar-refractivity contribution in [2.24, 2.45) is 5.41 Å². The van der Waals surface area contributed by atoms with E-state index in [9.17, 15) is 18.0 Å². The molecule has 2 bridgehead atoms. The zero-order valence-corrected chi connectivity index (χ0v) is 19.9. The van der Waals surface area contributed by atoms with Gasteiger partial charge in [-0.3, -0.25) is 4.79 Å². The maximum atomic E-state index is 13.6. The van der Waals surface area contributed by atoms with Gasteiger partial charge in [0.1, 0.15) is 11.3 Å². The Morgan fingerprint density at radius 3 is 2.58 bits per heavy atom. The molecule has 5 fully saturated rings. The lowest BCUT2D eigenvalue weighted by Gasteiger charge is -2.70. The molecule has 2 atom stereocenters. The van der Waals surface area contributed by atoms with Crippen LogP contribution in [0.15, 0.2) is 29.3 Å². The normalized spacial score (nSPS) is 31.7. The van der Waals surface area contributed by atoms with E-state index in [-0.39, 0.29) is 42.9 Å². The number of halogens is 3. The van der Waals surface area contributed by atoms with E-state index in [2.05, 4.69) is 9.97 Å². The second kappa shape index (κ2) is 7.34. The van der Waals surface area contributed by atoms with Gasteiger partial charge < -0.3 is 9.30 Å². The van der Waals surface area contributed by atoms with Gasteiger partial charge >= 0.3 is 6.18 Å². The maximum absolute atomic E-state index is 13.6. The molecular weight excluding hydrogens is 471 g/mol. The first-order chi connectivity index (χ1) is 17.2. The van der Waals surface area contributed by atoms with E-state index in [1.807, 2.05) is 19.2 Å². The Morgan fingerprint density at radius 1 is 1.08 bits per heavy atom. The quantitative estimate of drug-likeness (QED) is 0.513. The summed E-state index contributed by atoms with van der Waals surface area (Å²) in [7, 11) is 0. The van der Waals surface area contributed by atoms with Crippen LogP contribution >= 0.6 is 0 Å². The molecule has 1 saturated heterocycles. The van der Waals surface area contributed by atoms with Crippen molar-refractivity contribution in [2.45, 2.75) is 81.5 Å². The largest absolute Gasteiger partial charge is 0.394 e. The smallest absolute Gasteiger partial charge is 0.373 e. The van der Waals surface area contributed by atoms with Gasteiger partial charge in [0.25, 0.3) is 5.56 Å². The molecular formula is C26H26F3N5O2. The van der Waals surface area contributed by atoms with Crippen LogP contribution in [0.2, 0.25) is 0 Å². The highest BCUT2D eigenvalue weighted by Crippen LogP contribution is 2.78. The Kier molecular flexibility index (Phi) is 4.55. The van der Waals surface area contributed by atoms with Crippen LogP contribution in [0, 0.1) is 12.3 Å².